The van der Waals surface area contributed by atoms with Crippen LogP contribution in [0.2, 0.25) is 0 Å². The fourth-order valence-electron chi connectivity index (χ4n) is 3.36. The SMILES string of the molecule is O=C(NCCCOc1cccc2cccnc12)C1(c2ccc(Br)cc2)CC1. The summed E-state index contributed by atoms with van der Waals surface area (Å²) in [5, 5.41) is 4.14. The van der Waals surface area contributed by atoms with Crippen LogP contribution in [-0.2, 0) is 10.2 Å². The van der Waals surface area contributed by atoms with Gasteiger partial charge in [-0.25, -0.2) is 0 Å². The molecule has 1 saturated carbocycles. The number of pyridine rings is 1. The van der Waals surface area contributed by atoms with Crippen molar-refractivity contribution in [2.24, 2.45) is 0 Å². The Balaban J connectivity index is 1.28. The van der Waals surface area contributed by atoms with Crippen LogP contribution in [-0.4, -0.2) is 24.0 Å². The van der Waals surface area contributed by atoms with Crippen molar-refractivity contribution >= 4 is 32.7 Å². The number of para-hydroxylation sites is 1. The number of benzene rings is 2. The molecule has 0 aliphatic heterocycles. The Bertz CT molecular complexity index is 947. The molecule has 1 aromatic heterocycles. The van der Waals surface area contributed by atoms with Crippen molar-refractivity contribution in [2.45, 2.75) is 24.7 Å². The van der Waals surface area contributed by atoms with Gasteiger partial charge in [0.05, 0.1) is 12.0 Å². The van der Waals surface area contributed by atoms with Crippen LogP contribution >= 0.6 is 15.9 Å². The molecule has 0 bridgehead atoms. The van der Waals surface area contributed by atoms with E-state index in [0.717, 1.165) is 46.0 Å². The van der Waals surface area contributed by atoms with Crippen molar-refractivity contribution in [3.8, 4) is 5.75 Å². The number of ether oxygens (including phenoxy) is 1. The molecule has 1 heterocycles. The first-order valence-corrected chi connectivity index (χ1v) is 9.99. The lowest BCUT2D eigenvalue weighted by molar-refractivity contribution is -0.123. The molecule has 2 aromatic carbocycles. The third kappa shape index (κ3) is 3.83. The predicted octanol–water partition coefficient (Wildman–Crippen LogP) is 4.61. The maximum absolute atomic E-state index is 12.6. The van der Waals surface area contributed by atoms with E-state index in [9.17, 15) is 4.79 Å². The maximum Gasteiger partial charge on any atom is 0.230 e. The molecule has 1 N–H and O–H groups in total. The van der Waals surface area contributed by atoms with E-state index in [1.807, 2.05) is 54.6 Å². The van der Waals surface area contributed by atoms with Crippen molar-refractivity contribution in [1.29, 1.82) is 0 Å². The summed E-state index contributed by atoms with van der Waals surface area (Å²) in [4.78, 5) is 17.0. The van der Waals surface area contributed by atoms with Gasteiger partial charge < -0.3 is 10.1 Å². The van der Waals surface area contributed by atoms with E-state index in [1.165, 1.54) is 0 Å². The normalized spacial score (nSPS) is 14.7. The molecular weight excluding hydrogens is 404 g/mol. The van der Waals surface area contributed by atoms with E-state index < -0.39 is 0 Å². The molecule has 0 spiro atoms. The van der Waals surface area contributed by atoms with Gasteiger partial charge in [-0.1, -0.05) is 46.3 Å². The summed E-state index contributed by atoms with van der Waals surface area (Å²) in [6.07, 6.45) is 4.36. The van der Waals surface area contributed by atoms with E-state index in [4.69, 9.17) is 4.74 Å². The number of amides is 1. The summed E-state index contributed by atoms with van der Waals surface area (Å²) in [7, 11) is 0. The number of rotatable bonds is 7. The highest BCUT2D eigenvalue weighted by atomic mass is 79.9. The van der Waals surface area contributed by atoms with Gasteiger partial charge in [0.2, 0.25) is 5.91 Å². The van der Waals surface area contributed by atoms with Crippen molar-refractivity contribution in [3.63, 3.8) is 0 Å². The molecule has 1 aliphatic rings. The second-order valence-electron chi connectivity index (χ2n) is 6.88. The van der Waals surface area contributed by atoms with Crippen molar-refractivity contribution < 1.29 is 9.53 Å². The fourth-order valence-corrected chi connectivity index (χ4v) is 3.62. The minimum absolute atomic E-state index is 0.122. The second kappa shape index (κ2) is 7.69. The zero-order valence-electron chi connectivity index (χ0n) is 15.0. The third-order valence-electron chi connectivity index (χ3n) is 5.04. The van der Waals surface area contributed by atoms with Gasteiger partial charge in [-0.2, -0.15) is 0 Å². The smallest absolute Gasteiger partial charge is 0.230 e. The number of carbonyl (C=O) groups is 1. The lowest BCUT2D eigenvalue weighted by atomic mass is 9.95. The Morgan fingerprint density at radius 1 is 1.11 bits per heavy atom. The Morgan fingerprint density at radius 3 is 2.67 bits per heavy atom. The largest absolute Gasteiger partial charge is 0.491 e. The zero-order chi connectivity index (χ0) is 18.7. The van der Waals surface area contributed by atoms with Crippen LogP contribution in [0.1, 0.15) is 24.8 Å². The second-order valence-corrected chi connectivity index (χ2v) is 7.79. The van der Waals surface area contributed by atoms with E-state index in [1.54, 1.807) is 6.20 Å². The minimum Gasteiger partial charge on any atom is -0.491 e. The molecule has 138 valence electrons. The summed E-state index contributed by atoms with van der Waals surface area (Å²) < 4.78 is 6.91. The Morgan fingerprint density at radius 2 is 1.89 bits per heavy atom. The minimum atomic E-state index is -0.332. The first-order valence-electron chi connectivity index (χ1n) is 9.20. The highest BCUT2D eigenvalue weighted by Gasteiger charge is 2.50. The van der Waals surface area contributed by atoms with Gasteiger partial charge in [-0.3, -0.25) is 9.78 Å². The van der Waals surface area contributed by atoms with Crippen LogP contribution in [0.25, 0.3) is 10.9 Å². The average molecular weight is 425 g/mol. The fraction of sp³-hybridized carbons (Fsp3) is 0.273. The number of fused-ring (bicyclic) bond motifs is 1. The van der Waals surface area contributed by atoms with Crippen molar-refractivity contribution in [3.05, 3.63) is 70.8 Å². The summed E-state index contributed by atoms with van der Waals surface area (Å²) >= 11 is 3.44. The van der Waals surface area contributed by atoms with Gasteiger partial charge in [-0.05, 0) is 49.1 Å². The van der Waals surface area contributed by atoms with Gasteiger partial charge in [-0.15, -0.1) is 0 Å². The topological polar surface area (TPSA) is 51.2 Å². The number of nitrogens with one attached hydrogen (secondary N) is 1. The lowest BCUT2D eigenvalue weighted by Gasteiger charge is -2.16. The van der Waals surface area contributed by atoms with Crippen LogP contribution in [0.15, 0.2) is 65.3 Å². The molecule has 1 aliphatic carbocycles. The molecule has 0 radical (unpaired) electrons. The van der Waals surface area contributed by atoms with Crippen LogP contribution in [0.5, 0.6) is 5.75 Å². The van der Waals surface area contributed by atoms with Crippen molar-refractivity contribution in [2.75, 3.05) is 13.2 Å². The Kier molecular flexibility index (Phi) is 5.12. The molecule has 27 heavy (non-hydrogen) atoms. The van der Waals surface area contributed by atoms with Gasteiger partial charge in [0.25, 0.3) is 0 Å². The van der Waals surface area contributed by atoms with E-state index in [2.05, 4.69) is 26.2 Å². The summed E-state index contributed by atoms with van der Waals surface area (Å²) in [5.74, 6) is 0.907. The molecule has 3 aromatic rings. The van der Waals surface area contributed by atoms with Crippen LogP contribution in [0, 0.1) is 0 Å². The standard InChI is InChI=1S/C22H21BrN2O2/c23-18-9-7-17(8-10-18)22(11-12-22)21(26)25-14-3-15-27-19-6-1-4-16-5-2-13-24-20(16)19/h1-2,4-10,13H,3,11-12,14-15H2,(H,25,26). The van der Waals surface area contributed by atoms with Crippen LogP contribution in [0.3, 0.4) is 0 Å². The number of aromatic nitrogens is 1. The summed E-state index contributed by atoms with van der Waals surface area (Å²) in [6.45, 7) is 1.15. The van der Waals surface area contributed by atoms with Gasteiger partial charge in [0, 0.05) is 22.6 Å². The molecular formula is C22H21BrN2O2. The lowest BCUT2D eigenvalue weighted by Crippen LogP contribution is -2.35. The number of nitrogens with zero attached hydrogens (tertiary/aromatic N) is 1. The van der Waals surface area contributed by atoms with E-state index >= 15 is 0 Å². The van der Waals surface area contributed by atoms with Crippen LogP contribution in [0.4, 0.5) is 0 Å². The molecule has 4 rings (SSSR count). The Labute approximate surface area is 167 Å². The number of carbonyl (C=O) groups excluding carboxylic acids is 1. The molecule has 1 fully saturated rings. The summed E-state index contributed by atoms with van der Waals surface area (Å²) in [5.41, 5.74) is 1.64. The first-order chi connectivity index (χ1) is 13.2. The van der Waals surface area contributed by atoms with Gasteiger partial charge in [0.15, 0.2) is 0 Å². The van der Waals surface area contributed by atoms with E-state index in [0.29, 0.717) is 13.2 Å². The Hall–Kier alpha value is -2.40. The van der Waals surface area contributed by atoms with Crippen LogP contribution < -0.4 is 10.1 Å². The van der Waals surface area contributed by atoms with E-state index in [-0.39, 0.29) is 11.3 Å². The zero-order valence-corrected chi connectivity index (χ0v) is 16.5. The summed E-state index contributed by atoms with van der Waals surface area (Å²) in [6, 6.07) is 17.9. The molecule has 0 atom stereocenters. The molecule has 5 heteroatoms. The highest BCUT2D eigenvalue weighted by molar-refractivity contribution is 9.10. The monoisotopic (exact) mass is 424 g/mol. The third-order valence-corrected chi connectivity index (χ3v) is 5.57. The number of hydrogen-bond donors (Lipinski definition) is 1. The average Bonchev–Trinajstić information content (AvgIpc) is 3.50. The number of hydrogen-bond acceptors (Lipinski definition) is 3. The maximum atomic E-state index is 12.6. The molecule has 1 amide bonds. The highest BCUT2D eigenvalue weighted by Crippen LogP contribution is 2.48. The predicted molar refractivity (Wildman–Crippen MR) is 110 cm³/mol. The number of halogens is 1. The first kappa shape index (κ1) is 18.0. The molecule has 0 unspecified atom stereocenters. The van der Waals surface area contributed by atoms with Gasteiger partial charge >= 0.3 is 0 Å². The van der Waals surface area contributed by atoms with Gasteiger partial charge in [0.1, 0.15) is 11.3 Å². The quantitative estimate of drug-likeness (QED) is 0.563. The molecule has 0 saturated heterocycles. The van der Waals surface area contributed by atoms with Crippen molar-refractivity contribution in [1.82, 2.24) is 10.3 Å². The molecule has 4 nitrogen and oxygen atoms in total.